The molecule has 0 heterocycles. The fourth-order valence-electron chi connectivity index (χ4n) is 2.47. The van der Waals surface area contributed by atoms with E-state index >= 15 is 0 Å². The van der Waals surface area contributed by atoms with E-state index in [0.29, 0.717) is 12.1 Å². The maximum Gasteiger partial charge on any atom is 0.296 e. The maximum absolute atomic E-state index is 11.6. The summed E-state index contributed by atoms with van der Waals surface area (Å²) < 4.78 is 129. The van der Waals surface area contributed by atoms with Crippen LogP contribution >= 0.6 is 0 Å². The van der Waals surface area contributed by atoms with Crippen LogP contribution in [0.2, 0.25) is 0 Å². The standard InChI is InChI=1S/C14H12O12S4/c15-27(16,17)11-5-1-3-9(13(11)29(21,22)23)7-8-10-4-2-6-12(28(18,19)20)14(10)30(24,25)26/h1-8H,(H,15,16,17)(H,18,19,20)(H,21,22,23)(H,24,25,26)/b8-7+. The first-order chi connectivity index (χ1) is 13.4. The third-order valence-corrected chi connectivity index (χ3v) is 7.53. The molecule has 2 rings (SSSR count). The molecule has 0 aromatic heterocycles. The SMILES string of the molecule is O=S(=O)(O)c1cccc(/C=C/c2cccc(S(=O)(=O)O)c2S(=O)(=O)O)c1S(=O)(=O)O. The first-order valence-electron chi connectivity index (χ1n) is 7.28. The highest BCUT2D eigenvalue weighted by molar-refractivity contribution is 7.89. The van der Waals surface area contributed by atoms with Gasteiger partial charge >= 0.3 is 0 Å². The van der Waals surface area contributed by atoms with Crippen molar-refractivity contribution in [2.24, 2.45) is 0 Å². The Morgan fingerprint density at radius 3 is 1.03 bits per heavy atom. The molecular weight excluding hydrogens is 488 g/mol. The number of hydrogen-bond donors (Lipinski definition) is 4. The summed E-state index contributed by atoms with van der Waals surface area (Å²) >= 11 is 0. The Balaban J connectivity index is 2.86. The van der Waals surface area contributed by atoms with Crippen LogP contribution in [0.4, 0.5) is 0 Å². The lowest BCUT2D eigenvalue weighted by Crippen LogP contribution is -2.10. The summed E-state index contributed by atoms with van der Waals surface area (Å²) in [7, 11) is -20.6. The van der Waals surface area contributed by atoms with Gasteiger partial charge in [-0.25, -0.2) is 0 Å². The fourth-order valence-corrected chi connectivity index (χ4v) is 6.45. The molecule has 4 N–H and O–H groups in total. The minimum Gasteiger partial charge on any atom is -0.282 e. The van der Waals surface area contributed by atoms with Crippen LogP contribution in [0.25, 0.3) is 12.2 Å². The average molecular weight is 501 g/mol. The minimum atomic E-state index is -5.22. The molecule has 0 spiro atoms. The van der Waals surface area contributed by atoms with Gasteiger partial charge in [-0.2, -0.15) is 33.7 Å². The molecule has 0 amide bonds. The summed E-state index contributed by atoms with van der Waals surface area (Å²) in [5.41, 5.74) is -1.07. The summed E-state index contributed by atoms with van der Waals surface area (Å²) in [6.45, 7) is 0. The van der Waals surface area contributed by atoms with Crippen LogP contribution in [0.15, 0.2) is 56.0 Å². The summed E-state index contributed by atoms with van der Waals surface area (Å²) in [4.78, 5) is -4.81. The van der Waals surface area contributed by atoms with Crippen molar-refractivity contribution in [1.29, 1.82) is 0 Å². The fraction of sp³-hybridized carbons (Fsp3) is 0. The van der Waals surface area contributed by atoms with Gasteiger partial charge in [0.15, 0.2) is 0 Å². The molecule has 164 valence electrons. The van der Waals surface area contributed by atoms with Crippen LogP contribution in [0.3, 0.4) is 0 Å². The van der Waals surface area contributed by atoms with E-state index in [9.17, 15) is 51.9 Å². The Labute approximate surface area is 171 Å². The van der Waals surface area contributed by atoms with Gasteiger partial charge in [-0.05, 0) is 23.3 Å². The first-order valence-corrected chi connectivity index (χ1v) is 13.0. The van der Waals surface area contributed by atoms with Crippen LogP contribution < -0.4 is 0 Å². The molecule has 2 aromatic carbocycles. The smallest absolute Gasteiger partial charge is 0.282 e. The Morgan fingerprint density at radius 1 is 0.500 bits per heavy atom. The van der Waals surface area contributed by atoms with E-state index in [-0.39, 0.29) is 0 Å². The molecule has 0 aliphatic heterocycles. The molecule has 0 aliphatic rings. The van der Waals surface area contributed by atoms with Crippen molar-refractivity contribution in [3.05, 3.63) is 47.5 Å². The van der Waals surface area contributed by atoms with Crippen molar-refractivity contribution in [3.8, 4) is 0 Å². The van der Waals surface area contributed by atoms with Gasteiger partial charge in [-0.3, -0.25) is 18.2 Å². The Bertz CT molecular complexity index is 1350. The molecule has 0 radical (unpaired) electrons. The average Bonchev–Trinajstić information content (AvgIpc) is 2.56. The highest BCUT2D eigenvalue weighted by atomic mass is 32.2. The summed E-state index contributed by atoms with van der Waals surface area (Å²) in [6, 6.07) is 5.31. The lowest BCUT2D eigenvalue weighted by atomic mass is 10.1. The van der Waals surface area contributed by atoms with Gasteiger partial charge in [0, 0.05) is 0 Å². The quantitative estimate of drug-likeness (QED) is 0.320. The second kappa shape index (κ2) is 7.82. The molecule has 30 heavy (non-hydrogen) atoms. The Kier molecular flexibility index (Phi) is 6.28. The zero-order valence-corrected chi connectivity index (χ0v) is 17.6. The maximum atomic E-state index is 11.6. The Morgan fingerprint density at radius 2 is 0.800 bits per heavy atom. The van der Waals surface area contributed by atoms with Gasteiger partial charge in [-0.1, -0.05) is 36.4 Å². The van der Waals surface area contributed by atoms with E-state index in [4.69, 9.17) is 0 Å². The topological polar surface area (TPSA) is 217 Å². The minimum absolute atomic E-state index is 0.536. The van der Waals surface area contributed by atoms with E-state index < -0.39 is 71.2 Å². The summed E-state index contributed by atoms with van der Waals surface area (Å²) in [5.74, 6) is 0. The predicted molar refractivity (Wildman–Crippen MR) is 101 cm³/mol. The molecule has 0 saturated carbocycles. The van der Waals surface area contributed by atoms with E-state index in [2.05, 4.69) is 0 Å². The molecule has 0 saturated heterocycles. The molecule has 0 atom stereocenters. The largest absolute Gasteiger partial charge is 0.296 e. The van der Waals surface area contributed by atoms with Crippen molar-refractivity contribution in [2.75, 3.05) is 0 Å². The molecular formula is C14H12O12S4. The van der Waals surface area contributed by atoms with E-state index in [1.807, 2.05) is 0 Å². The molecule has 0 bridgehead atoms. The molecule has 16 heteroatoms. The third-order valence-electron chi connectivity index (χ3n) is 3.53. The number of benzene rings is 2. The summed E-state index contributed by atoms with van der Waals surface area (Å²) in [6.07, 6.45) is 1.55. The van der Waals surface area contributed by atoms with Gasteiger partial charge in [0.1, 0.15) is 19.6 Å². The zero-order valence-electron chi connectivity index (χ0n) is 14.3. The normalized spacial score (nSPS) is 13.6. The van der Waals surface area contributed by atoms with E-state index in [1.165, 1.54) is 0 Å². The zero-order chi connectivity index (χ0) is 23.1. The molecule has 2 aromatic rings. The van der Waals surface area contributed by atoms with Crippen LogP contribution in [0.5, 0.6) is 0 Å². The number of rotatable bonds is 6. The molecule has 0 unspecified atom stereocenters. The first kappa shape index (κ1) is 24.1. The van der Waals surface area contributed by atoms with E-state index in [0.717, 1.165) is 36.4 Å². The van der Waals surface area contributed by atoms with Gasteiger partial charge in [0.2, 0.25) is 0 Å². The molecule has 0 aliphatic carbocycles. The molecule has 0 fully saturated rings. The van der Waals surface area contributed by atoms with Gasteiger partial charge < -0.3 is 0 Å². The van der Waals surface area contributed by atoms with Gasteiger partial charge in [0.25, 0.3) is 40.5 Å². The van der Waals surface area contributed by atoms with Crippen molar-refractivity contribution in [3.63, 3.8) is 0 Å². The van der Waals surface area contributed by atoms with Gasteiger partial charge in [-0.15, -0.1) is 0 Å². The summed E-state index contributed by atoms with van der Waals surface area (Å²) in [5, 5.41) is 0. The second-order valence-electron chi connectivity index (χ2n) is 5.58. The third kappa shape index (κ3) is 5.29. The monoisotopic (exact) mass is 500 g/mol. The van der Waals surface area contributed by atoms with Crippen molar-refractivity contribution in [2.45, 2.75) is 19.6 Å². The van der Waals surface area contributed by atoms with Crippen LogP contribution in [0.1, 0.15) is 11.1 Å². The van der Waals surface area contributed by atoms with Crippen molar-refractivity contribution < 1.29 is 51.9 Å². The highest BCUT2D eigenvalue weighted by Crippen LogP contribution is 2.29. The lowest BCUT2D eigenvalue weighted by molar-refractivity contribution is 0.466. The van der Waals surface area contributed by atoms with Crippen LogP contribution in [0, 0.1) is 0 Å². The van der Waals surface area contributed by atoms with Crippen LogP contribution in [-0.2, 0) is 40.5 Å². The van der Waals surface area contributed by atoms with Crippen molar-refractivity contribution in [1.82, 2.24) is 0 Å². The Hall–Kier alpha value is -2.18. The highest BCUT2D eigenvalue weighted by Gasteiger charge is 2.28. The van der Waals surface area contributed by atoms with E-state index in [1.54, 1.807) is 0 Å². The second-order valence-corrected chi connectivity index (χ2v) is 11.1. The lowest BCUT2D eigenvalue weighted by Gasteiger charge is -2.09. The predicted octanol–water partition coefficient (Wildman–Crippen LogP) is 0.844. The van der Waals surface area contributed by atoms with Crippen LogP contribution in [-0.4, -0.2) is 51.9 Å². The van der Waals surface area contributed by atoms with Crippen molar-refractivity contribution >= 4 is 52.6 Å². The molecule has 12 nitrogen and oxygen atoms in total. The van der Waals surface area contributed by atoms with Gasteiger partial charge in [0.05, 0.1) is 0 Å². The number of hydrogen-bond acceptors (Lipinski definition) is 8.